The van der Waals surface area contributed by atoms with E-state index in [-0.39, 0.29) is 5.54 Å². The van der Waals surface area contributed by atoms with Gasteiger partial charge in [0.2, 0.25) is 0 Å². The zero-order valence-corrected chi connectivity index (χ0v) is 20.8. The molecule has 0 radical (unpaired) electrons. The Labute approximate surface area is 186 Å². The molecule has 8 unspecified atom stereocenters. The third kappa shape index (κ3) is 5.09. The van der Waals surface area contributed by atoms with Gasteiger partial charge in [0.05, 0.1) is 11.2 Å². The molecule has 3 aliphatic rings. The van der Waals surface area contributed by atoms with Crippen LogP contribution in [0.3, 0.4) is 0 Å². The van der Waals surface area contributed by atoms with Gasteiger partial charge in [0.15, 0.2) is 0 Å². The maximum atomic E-state index is 10.7. The number of hydrogen-bond acceptors (Lipinski definition) is 3. The van der Waals surface area contributed by atoms with Crippen molar-refractivity contribution < 1.29 is 10.2 Å². The molecule has 0 spiro atoms. The van der Waals surface area contributed by atoms with Gasteiger partial charge in [-0.25, -0.2) is 0 Å². The standard InChI is InChI=1S/C27H51NO2/c1-19-9-12-23-21(10-11-22-18-25(5,30)16-17-26(22,23)6)8-7-14-27(19,28)20(2)13-15-24(3,4)29/h19-23,29-30H,7-18,28H2,1-6H3. The molecule has 0 bridgehead atoms. The molecule has 3 aliphatic carbocycles. The van der Waals surface area contributed by atoms with Gasteiger partial charge < -0.3 is 15.9 Å². The fourth-order valence-electron chi connectivity index (χ4n) is 7.78. The lowest BCUT2D eigenvalue weighted by molar-refractivity contribution is -0.112. The van der Waals surface area contributed by atoms with E-state index in [0.29, 0.717) is 23.2 Å². The zero-order valence-electron chi connectivity index (χ0n) is 20.8. The van der Waals surface area contributed by atoms with Gasteiger partial charge in [-0.05, 0) is 120 Å². The average Bonchev–Trinajstić information content (AvgIpc) is 2.70. The van der Waals surface area contributed by atoms with E-state index >= 15 is 0 Å². The molecule has 30 heavy (non-hydrogen) atoms. The first-order valence-electron chi connectivity index (χ1n) is 13.0. The second-order valence-corrected chi connectivity index (χ2v) is 13.1. The van der Waals surface area contributed by atoms with E-state index in [1.54, 1.807) is 0 Å². The third-order valence-electron chi connectivity index (χ3n) is 10.2. The van der Waals surface area contributed by atoms with Crippen molar-refractivity contribution in [2.75, 3.05) is 0 Å². The SMILES string of the molecule is CC1CCC2C(CCCC1(N)C(C)CCC(C)(C)O)CCC1CC(C)(O)CCC12C. The highest BCUT2D eigenvalue weighted by atomic mass is 16.3. The van der Waals surface area contributed by atoms with Gasteiger partial charge in [0.25, 0.3) is 0 Å². The maximum Gasteiger partial charge on any atom is 0.0622 e. The molecule has 0 amide bonds. The van der Waals surface area contributed by atoms with Crippen LogP contribution in [0.1, 0.15) is 119 Å². The predicted molar refractivity (Wildman–Crippen MR) is 126 cm³/mol. The minimum atomic E-state index is -0.604. The maximum absolute atomic E-state index is 10.7. The molecular weight excluding hydrogens is 370 g/mol. The van der Waals surface area contributed by atoms with E-state index in [4.69, 9.17) is 5.73 Å². The Kier molecular flexibility index (Phi) is 7.09. The van der Waals surface area contributed by atoms with Crippen LogP contribution in [0.5, 0.6) is 0 Å². The molecule has 0 aromatic rings. The molecule has 0 aromatic heterocycles. The van der Waals surface area contributed by atoms with E-state index in [1.807, 2.05) is 13.8 Å². The molecule has 4 N–H and O–H groups in total. The predicted octanol–water partition coefficient (Wildman–Crippen LogP) is 6.05. The van der Waals surface area contributed by atoms with Crippen LogP contribution in [-0.4, -0.2) is 27.0 Å². The summed E-state index contributed by atoms with van der Waals surface area (Å²) in [6, 6.07) is 0. The largest absolute Gasteiger partial charge is 0.390 e. The molecule has 3 nitrogen and oxygen atoms in total. The smallest absolute Gasteiger partial charge is 0.0622 e. The van der Waals surface area contributed by atoms with Crippen molar-refractivity contribution in [1.29, 1.82) is 0 Å². The number of hydrogen-bond donors (Lipinski definition) is 3. The van der Waals surface area contributed by atoms with Crippen LogP contribution in [0.25, 0.3) is 0 Å². The van der Waals surface area contributed by atoms with Crippen LogP contribution >= 0.6 is 0 Å². The Morgan fingerprint density at radius 3 is 2.40 bits per heavy atom. The summed E-state index contributed by atoms with van der Waals surface area (Å²) in [6.45, 7) is 13.2. The van der Waals surface area contributed by atoms with Crippen molar-refractivity contribution in [1.82, 2.24) is 0 Å². The summed E-state index contributed by atoms with van der Waals surface area (Å²) in [5.74, 6) is 3.28. The van der Waals surface area contributed by atoms with Gasteiger partial charge >= 0.3 is 0 Å². The third-order valence-corrected chi connectivity index (χ3v) is 10.2. The lowest BCUT2D eigenvalue weighted by Gasteiger charge is -2.57. The first-order valence-corrected chi connectivity index (χ1v) is 13.0. The van der Waals surface area contributed by atoms with Crippen LogP contribution in [0.4, 0.5) is 0 Å². The number of fused-ring (bicyclic) bond motifs is 3. The number of aliphatic hydroxyl groups is 2. The van der Waals surface area contributed by atoms with Crippen molar-refractivity contribution >= 4 is 0 Å². The molecule has 3 rings (SSSR count). The average molecular weight is 422 g/mol. The van der Waals surface area contributed by atoms with Gasteiger partial charge in [-0.2, -0.15) is 0 Å². The second-order valence-electron chi connectivity index (χ2n) is 13.1. The van der Waals surface area contributed by atoms with Crippen molar-refractivity contribution in [2.24, 2.45) is 40.7 Å². The molecule has 0 aliphatic heterocycles. The van der Waals surface area contributed by atoms with Gasteiger partial charge in [-0.1, -0.05) is 33.6 Å². The van der Waals surface area contributed by atoms with Crippen LogP contribution in [0.15, 0.2) is 0 Å². The van der Waals surface area contributed by atoms with Gasteiger partial charge in [-0.3, -0.25) is 0 Å². The molecule has 3 heteroatoms. The lowest BCUT2D eigenvalue weighted by Crippen LogP contribution is -2.52. The molecule has 0 saturated heterocycles. The molecule has 0 aromatic carbocycles. The lowest BCUT2D eigenvalue weighted by atomic mass is 9.49. The molecule has 176 valence electrons. The monoisotopic (exact) mass is 421 g/mol. The molecule has 0 heterocycles. The molecule has 3 fully saturated rings. The Balaban J connectivity index is 1.74. The topological polar surface area (TPSA) is 66.5 Å². The summed E-state index contributed by atoms with van der Waals surface area (Å²) in [5, 5.41) is 20.9. The Morgan fingerprint density at radius 2 is 1.73 bits per heavy atom. The fraction of sp³-hybridized carbons (Fsp3) is 1.00. The molecule has 3 saturated carbocycles. The number of nitrogens with two attached hydrogens (primary N) is 1. The van der Waals surface area contributed by atoms with Crippen LogP contribution in [0.2, 0.25) is 0 Å². The first-order chi connectivity index (χ1) is 13.8. The van der Waals surface area contributed by atoms with E-state index in [1.165, 1.54) is 44.9 Å². The summed E-state index contributed by atoms with van der Waals surface area (Å²) < 4.78 is 0. The summed E-state index contributed by atoms with van der Waals surface area (Å²) >= 11 is 0. The highest BCUT2D eigenvalue weighted by Crippen LogP contribution is 2.60. The van der Waals surface area contributed by atoms with Crippen molar-refractivity contribution in [3.8, 4) is 0 Å². The highest BCUT2D eigenvalue weighted by Gasteiger charge is 2.53. The van der Waals surface area contributed by atoms with Crippen molar-refractivity contribution in [3.05, 3.63) is 0 Å². The normalized spacial score (nSPS) is 46.7. The van der Waals surface area contributed by atoms with Gasteiger partial charge in [0.1, 0.15) is 0 Å². The summed E-state index contributed by atoms with van der Waals surface area (Å²) in [5.41, 5.74) is 6.42. The van der Waals surface area contributed by atoms with Crippen LogP contribution in [0, 0.1) is 35.0 Å². The minimum absolute atomic E-state index is 0.116. The molecule has 8 atom stereocenters. The quantitative estimate of drug-likeness (QED) is 0.517. The summed E-state index contributed by atoms with van der Waals surface area (Å²) in [4.78, 5) is 0. The van der Waals surface area contributed by atoms with Crippen LogP contribution in [-0.2, 0) is 0 Å². The second kappa shape index (κ2) is 8.67. The Hall–Kier alpha value is -0.120. The summed E-state index contributed by atoms with van der Waals surface area (Å²) in [6.07, 6.45) is 13.9. The fourth-order valence-corrected chi connectivity index (χ4v) is 7.78. The van der Waals surface area contributed by atoms with Crippen molar-refractivity contribution in [3.63, 3.8) is 0 Å². The highest BCUT2D eigenvalue weighted by molar-refractivity contribution is 5.04. The van der Waals surface area contributed by atoms with Crippen molar-refractivity contribution in [2.45, 2.75) is 135 Å². The van der Waals surface area contributed by atoms with E-state index in [2.05, 4.69) is 27.7 Å². The van der Waals surface area contributed by atoms with E-state index in [0.717, 1.165) is 43.9 Å². The minimum Gasteiger partial charge on any atom is -0.390 e. The zero-order chi connectivity index (χ0) is 22.4. The first kappa shape index (κ1) is 24.5. The van der Waals surface area contributed by atoms with Gasteiger partial charge in [0, 0.05) is 5.54 Å². The summed E-state index contributed by atoms with van der Waals surface area (Å²) in [7, 11) is 0. The Bertz CT molecular complexity index is 582. The number of rotatable bonds is 4. The molecular formula is C27H51NO2. The van der Waals surface area contributed by atoms with E-state index < -0.39 is 11.2 Å². The Morgan fingerprint density at radius 1 is 1.03 bits per heavy atom. The van der Waals surface area contributed by atoms with Gasteiger partial charge in [-0.15, -0.1) is 0 Å². The van der Waals surface area contributed by atoms with Crippen LogP contribution < -0.4 is 5.73 Å². The van der Waals surface area contributed by atoms with E-state index in [9.17, 15) is 10.2 Å².